The van der Waals surface area contributed by atoms with Crippen molar-refractivity contribution >= 4 is 23.5 Å². The highest BCUT2D eigenvalue weighted by Crippen LogP contribution is 2.34. The topological polar surface area (TPSA) is 96.9 Å². The first-order valence-electron chi connectivity index (χ1n) is 8.22. The number of nitrogens with zero attached hydrogens (tertiary/aromatic N) is 4. The molecule has 0 bridgehead atoms. The Morgan fingerprint density at radius 1 is 1.00 bits per heavy atom. The number of piperazine rings is 1. The number of carbonyl (C=O) groups excluding carboxylic acids is 2. The van der Waals surface area contributed by atoms with Crippen molar-refractivity contribution in [3.05, 3.63) is 36.7 Å². The van der Waals surface area contributed by atoms with Gasteiger partial charge < -0.3 is 24.6 Å². The van der Waals surface area contributed by atoms with Gasteiger partial charge in [-0.1, -0.05) is 0 Å². The molecule has 0 saturated carbocycles. The van der Waals surface area contributed by atoms with E-state index in [0.717, 1.165) is 0 Å². The van der Waals surface area contributed by atoms with Gasteiger partial charge in [-0.2, -0.15) is 0 Å². The molecule has 134 valence electrons. The van der Waals surface area contributed by atoms with Crippen LogP contribution in [0.4, 0.5) is 11.6 Å². The van der Waals surface area contributed by atoms with E-state index >= 15 is 0 Å². The van der Waals surface area contributed by atoms with Crippen molar-refractivity contribution in [3.8, 4) is 11.5 Å². The molecule has 2 aliphatic rings. The molecule has 2 amide bonds. The lowest BCUT2D eigenvalue weighted by atomic mass is 10.2. The van der Waals surface area contributed by atoms with Crippen LogP contribution in [-0.2, 0) is 9.59 Å². The molecule has 3 heterocycles. The van der Waals surface area contributed by atoms with Gasteiger partial charge in [-0.3, -0.25) is 9.59 Å². The second kappa shape index (κ2) is 6.87. The lowest BCUT2D eigenvalue weighted by molar-refractivity contribution is -0.143. The highest BCUT2D eigenvalue weighted by atomic mass is 16.7. The Bertz CT molecular complexity index is 821. The molecule has 9 nitrogen and oxygen atoms in total. The number of carbonyl (C=O) groups is 2. The summed E-state index contributed by atoms with van der Waals surface area (Å²) in [7, 11) is 0. The first kappa shape index (κ1) is 16.1. The zero-order chi connectivity index (χ0) is 17.9. The Morgan fingerprint density at radius 3 is 2.50 bits per heavy atom. The van der Waals surface area contributed by atoms with Gasteiger partial charge in [0.05, 0.1) is 0 Å². The van der Waals surface area contributed by atoms with Crippen molar-refractivity contribution in [2.75, 3.05) is 43.2 Å². The van der Waals surface area contributed by atoms with E-state index in [-0.39, 0.29) is 6.79 Å². The van der Waals surface area contributed by atoms with Crippen LogP contribution in [0.25, 0.3) is 0 Å². The molecule has 0 radical (unpaired) electrons. The predicted molar refractivity (Wildman–Crippen MR) is 92.0 cm³/mol. The van der Waals surface area contributed by atoms with Gasteiger partial charge in [-0.25, -0.2) is 9.97 Å². The molecule has 9 heteroatoms. The number of aromatic nitrogens is 2. The zero-order valence-corrected chi connectivity index (χ0v) is 13.9. The Balaban J connectivity index is 1.34. The van der Waals surface area contributed by atoms with Gasteiger partial charge in [-0.05, 0) is 18.2 Å². The third kappa shape index (κ3) is 3.23. The monoisotopic (exact) mass is 355 g/mol. The maximum absolute atomic E-state index is 12.4. The summed E-state index contributed by atoms with van der Waals surface area (Å²) in [6, 6.07) is 6.76. The van der Waals surface area contributed by atoms with Gasteiger partial charge in [0, 0.05) is 50.3 Å². The lowest BCUT2D eigenvalue weighted by Crippen LogP contribution is -2.52. The number of ether oxygens (including phenoxy) is 2. The van der Waals surface area contributed by atoms with E-state index in [1.54, 1.807) is 36.7 Å². The summed E-state index contributed by atoms with van der Waals surface area (Å²) in [5, 5.41) is 2.61. The second-order valence-corrected chi connectivity index (χ2v) is 5.85. The molecule has 2 aromatic rings. The van der Waals surface area contributed by atoms with Crippen molar-refractivity contribution in [1.82, 2.24) is 14.9 Å². The van der Waals surface area contributed by atoms with Gasteiger partial charge in [-0.15, -0.1) is 0 Å². The van der Waals surface area contributed by atoms with Crippen molar-refractivity contribution in [2.24, 2.45) is 0 Å². The lowest BCUT2D eigenvalue weighted by Gasteiger charge is -2.34. The van der Waals surface area contributed by atoms with Crippen LogP contribution in [0, 0.1) is 0 Å². The number of nitrogens with one attached hydrogen (secondary N) is 1. The second-order valence-electron chi connectivity index (χ2n) is 5.85. The Morgan fingerprint density at radius 2 is 1.73 bits per heavy atom. The van der Waals surface area contributed by atoms with Crippen LogP contribution in [0.1, 0.15) is 0 Å². The number of rotatable bonds is 2. The number of amides is 2. The van der Waals surface area contributed by atoms with E-state index in [2.05, 4.69) is 15.3 Å². The van der Waals surface area contributed by atoms with Crippen LogP contribution in [0.15, 0.2) is 36.7 Å². The number of fused-ring (bicyclic) bond motifs is 1. The number of anilines is 2. The summed E-state index contributed by atoms with van der Waals surface area (Å²) in [5.41, 5.74) is 0.490. The maximum Gasteiger partial charge on any atom is 0.313 e. The first-order chi connectivity index (χ1) is 12.7. The molecule has 1 aromatic heterocycles. The standard InChI is InChI=1S/C17H17N5O4/c23-15(20-12-2-3-13-14(10-12)26-11-25-13)16(24)21-6-8-22(9-7-21)17-18-4-1-5-19-17/h1-5,10H,6-9,11H2,(H,20,23). The molecule has 1 fully saturated rings. The zero-order valence-electron chi connectivity index (χ0n) is 13.9. The van der Waals surface area contributed by atoms with Crippen molar-refractivity contribution in [2.45, 2.75) is 0 Å². The van der Waals surface area contributed by atoms with Crippen LogP contribution >= 0.6 is 0 Å². The minimum absolute atomic E-state index is 0.154. The molecule has 0 aliphatic carbocycles. The number of benzene rings is 1. The van der Waals surface area contributed by atoms with E-state index in [1.165, 1.54) is 4.90 Å². The summed E-state index contributed by atoms with van der Waals surface area (Å²) in [6.07, 6.45) is 3.36. The third-order valence-electron chi connectivity index (χ3n) is 4.23. The van der Waals surface area contributed by atoms with Crippen LogP contribution in [-0.4, -0.2) is 59.7 Å². The average molecular weight is 355 g/mol. The largest absolute Gasteiger partial charge is 0.454 e. The normalized spacial score (nSPS) is 15.7. The number of hydrogen-bond donors (Lipinski definition) is 1. The quantitative estimate of drug-likeness (QED) is 0.783. The molecule has 1 N–H and O–H groups in total. The fraction of sp³-hybridized carbons (Fsp3) is 0.294. The average Bonchev–Trinajstić information content (AvgIpc) is 3.16. The summed E-state index contributed by atoms with van der Waals surface area (Å²) < 4.78 is 10.5. The SMILES string of the molecule is O=C(Nc1ccc2c(c1)OCO2)C(=O)N1CCN(c2ncccn2)CC1. The Hall–Kier alpha value is -3.36. The van der Waals surface area contributed by atoms with Gasteiger partial charge in [0.15, 0.2) is 11.5 Å². The van der Waals surface area contributed by atoms with E-state index < -0.39 is 11.8 Å². The smallest absolute Gasteiger partial charge is 0.313 e. The highest BCUT2D eigenvalue weighted by molar-refractivity contribution is 6.39. The fourth-order valence-electron chi connectivity index (χ4n) is 2.87. The summed E-state index contributed by atoms with van der Waals surface area (Å²) >= 11 is 0. The predicted octanol–water partition coefficient (Wildman–Crippen LogP) is 0.493. The molecule has 1 saturated heterocycles. The molecule has 0 atom stereocenters. The molecule has 26 heavy (non-hydrogen) atoms. The molecule has 1 aromatic carbocycles. The van der Waals surface area contributed by atoms with Crippen molar-refractivity contribution in [3.63, 3.8) is 0 Å². The molecule has 0 unspecified atom stereocenters. The maximum atomic E-state index is 12.4. The molecule has 2 aliphatic heterocycles. The summed E-state index contributed by atoms with van der Waals surface area (Å²) in [5.74, 6) is 0.564. The van der Waals surface area contributed by atoms with Gasteiger partial charge in [0.25, 0.3) is 0 Å². The van der Waals surface area contributed by atoms with Crippen LogP contribution in [0.5, 0.6) is 11.5 Å². The van der Waals surface area contributed by atoms with Gasteiger partial charge >= 0.3 is 11.8 Å². The summed E-state index contributed by atoms with van der Waals surface area (Å²) in [6.45, 7) is 2.18. The van der Waals surface area contributed by atoms with E-state index in [1.807, 2.05) is 4.90 Å². The van der Waals surface area contributed by atoms with E-state index in [0.29, 0.717) is 49.3 Å². The fourth-order valence-corrected chi connectivity index (χ4v) is 2.87. The van der Waals surface area contributed by atoms with E-state index in [4.69, 9.17) is 9.47 Å². The third-order valence-corrected chi connectivity index (χ3v) is 4.23. The van der Waals surface area contributed by atoms with E-state index in [9.17, 15) is 9.59 Å². The van der Waals surface area contributed by atoms with Crippen LogP contribution in [0.3, 0.4) is 0 Å². The first-order valence-corrected chi connectivity index (χ1v) is 8.22. The van der Waals surface area contributed by atoms with Gasteiger partial charge in [0.1, 0.15) is 0 Å². The molecular formula is C17H17N5O4. The minimum Gasteiger partial charge on any atom is -0.454 e. The van der Waals surface area contributed by atoms with Crippen molar-refractivity contribution in [1.29, 1.82) is 0 Å². The minimum atomic E-state index is -0.673. The Labute approximate surface area is 149 Å². The molecule has 0 spiro atoms. The van der Waals surface area contributed by atoms with Crippen molar-refractivity contribution < 1.29 is 19.1 Å². The van der Waals surface area contributed by atoms with Crippen LogP contribution < -0.4 is 19.7 Å². The highest BCUT2D eigenvalue weighted by Gasteiger charge is 2.27. The Kier molecular flexibility index (Phi) is 4.26. The summed E-state index contributed by atoms with van der Waals surface area (Å²) in [4.78, 5) is 36.6. The molecule has 4 rings (SSSR count). The van der Waals surface area contributed by atoms with Gasteiger partial charge in [0.2, 0.25) is 12.7 Å². The van der Waals surface area contributed by atoms with Crippen LogP contribution in [0.2, 0.25) is 0 Å². The number of hydrogen-bond acceptors (Lipinski definition) is 7. The molecular weight excluding hydrogens is 338 g/mol.